The van der Waals surface area contributed by atoms with Crippen molar-refractivity contribution in [2.24, 2.45) is 28.7 Å². The first-order valence-corrected chi connectivity index (χ1v) is 11.5. The van der Waals surface area contributed by atoms with Crippen molar-refractivity contribution < 1.29 is 53.1 Å². The molecule has 21 nitrogen and oxygen atoms in total. The van der Waals surface area contributed by atoms with Gasteiger partial charge in [-0.3, -0.25) is 47.9 Å². The van der Waals surface area contributed by atoms with Crippen molar-refractivity contribution in [2.75, 3.05) is 13.1 Å². The van der Waals surface area contributed by atoms with Gasteiger partial charge in [0.25, 0.3) is 0 Å². The third kappa shape index (κ3) is 15.0. The van der Waals surface area contributed by atoms with Crippen molar-refractivity contribution in [1.29, 1.82) is 0 Å². The molecule has 0 unspecified atom stereocenters. The number of hydrogen-bond acceptors (Lipinski definition) is 11. The van der Waals surface area contributed by atoms with E-state index < -0.39 is 122 Å². The van der Waals surface area contributed by atoms with Crippen molar-refractivity contribution in [3.8, 4) is 0 Å². The number of rotatable bonds is 19. The molecule has 228 valence electrons. The largest absolute Gasteiger partial charge is 0.480 e. The number of carboxylic acids is 1. The number of carbonyl (C=O) groups is 10. The normalized spacial score (nSPS) is 13.2. The minimum absolute atomic E-state index is 0.581. The fourth-order valence-corrected chi connectivity index (χ4v) is 3.00. The first-order valence-electron chi connectivity index (χ1n) is 11.5. The number of carboxylic acid groups (broad SMARTS) is 1. The van der Waals surface area contributed by atoms with E-state index in [1.807, 2.05) is 21.3 Å². The quantitative estimate of drug-likeness (QED) is 0.0670. The van der Waals surface area contributed by atoms with Gasteiger partial charge in [-0.25, -0.2) is 0 Å². The molecule has 0 saturated carbocycles. The molecule has 0 saturated heterocycles. The number of hydrogen-bond donors (Lipinski definition) is 11. The summed E-state index contributed by atoms with van der Waals surface area (Å²) in [6.45, 7) is -1.47. The van der Waals surface area contributed by atoms with Crippen LogP contribution in [0.25, 0.3) is 0 Å². The lowest BCUT2D eigenvalue weighted by molar-refractivity contribution is -0.139. The van der Waals surface area contributed by atoms with E-state index in [9.17, 15) is 47.9 Å². The molecule has 0 bridgehead atoms. The highest BCUT2D eigenvalue weighted by Crippen LogP contribution is 2.02. The molecule has 0 radical (unpaired) electrons. The van der Waals surface area contributed by atoms with Gasteiger partial charge in [0.15, 0.2) is 0 Å². The van der Waals surface area contributed by atoms with Crippen LogP contribution in [0.4, 0.5) is 0 Å². The molecule has 0 rings (SSSR count). The summed E-state index contributed by atoms with van der Waals surface area (Å²) < 4.78 is 0. The van der Waals surface area contributed by atoms with E-state index in [0.717, 1.165) is 0 Å². The van der Waals surface area contributed by atoms with E-state index >= 15 is 0 Å². The molecule has 41 heavy (non-hydrogen) atoms. The van der Waals surface area contributed by atoms with E-state index in [2.05, 4.69) is 5.32 Å². The zero-order valence-electron chi connectivity index (χ0n) is 21.5. The van der Waals surface area contributed by atoms with Crippen molar-refractivity contribution in [3.05, 3.63) is 0 Å². The first-order chi connectivity index (χ1) is 19.0. The summed E-state index contributed by atoms with van der Waals surface area (Å²) in [6, 6.07) is -7.08. The van der Waals surface area contributed by atoms with Gasteiger partial charge in [0, 0.05) is 0 Å². The van der Waals surface area contributed by atoms with E-state index in [4.69, 9.17) is 33.8 Å². The number of nitrogens with two attached hydrogens (primary N) is 5. The SMILES string of the molecule is NCC(=O)N[C@@H](CC(N)=O)C(=O)N[C@@H](CC(N)=O)C(=O)N[C@@H](CC(N)=O)C(=O)N[C@@H](CC(N)=O)C(=O)NCC(=O)O. The summed E-state index contributed by atoms with van der Waals surface area (Å²) in [6.07, 6.45) is -3.32. The molecule has 9 amide bonds. The third-order valence-corrected chi connectivity index (χ3v) is 4.77. The van der Waals surface area contributed by atoms with Crippen LogP contribution in [0.15, 0.2) is 0 Å². The Hall–Kier alpha value is -5.34. The van der Waals surface area contributed by atoms with Gasteiger partial charge in [0.2, 0.25) is 53.2 Å². The Kier molecular flexibility index (Phi) is 15.0. The molecule has 0 aromatic carbocycles. The summed E-state index contributed by atoms with van der Waals surface area (Å²) >= 11 is 0. The number of nitrogens with one attached hydrogen (secondary N) is 5. The molecule has 0 spiro atoms. The second-order valence-corrected chi connectivity index (χ2v) is 8.30. The van der Waals surface area contributed by atoms with Crippen molar-refractivity contribution in [1.82, 2.24) is 26.6 Å². The predicted molar refractivity (Wildman–Crippen MR) is 133 cm³/mol. The maximum absolute atomic E-state index is 12.9. The molecule has 0 aliphatic carbocycles. The van der Waals surface area contributed by atoms with Crippen LogP contribution in [0.1, 0.15) is 25.7 Å². The van der Waals surface area contributed by atoms with Crippen molar-refractivity contribution in [2.45, 2.75) is 49.9 Å². The lowest BCUT2D eigenvalue weighted by Crippen LogP contribution is -2.60. The Balaban J connectivity index is 5.94. The molecule has 4 atom stereocenters. The smallest absolute Gasteiger partial charge is 0.322 e. The molecule has 0 aliphatic rings. The zero-order chi connectivity index (χ0) is 31.9. The fourth-order valence-electron chi connectivity index (χ4n) is 3.00. The van der Waals surface area contributed by atoms with Gasteiger partial charge >= 0.3 is 5.97 Å². The maximum Gasteiger partial charge on any atom is 0.322 e. The molecular weight excluding hydrogens is 556 g/mol. The molecule has 0 aliphatic heterocycles. The highest BCUT2D eigenvalue weighted by atomic mass is 16.4. The molecule has 0 aromatic rings. The van der Waals surface area contributed by atoms with Gasteiger partial charge in [-0.05, 0) is 0 Å². The topological polar surface area (TPSA) is 381 Å². The van der Waals surface area contributed by atoms with Gasteiger partial charge in [-0.1, -0.05) is 0 Å². The average Bonchev–Trinajstić information content (AvgIpc) is 2.84. The minimum Gasteiger partial charge on any atom is -0.480 e. The second kappa shape index (κ2) is 17.3. The monoisotopic (exact) mass is 588 g/mol. The van der Waals surface area contributed by atoms with Crippen LogP contribution in [-0.4, -0.2) is 101 Å². The second-order valence-electron chi connectivity index (χ2n) is 8.30. The van der Waals surface area contributed by atoms with Gasteiger partial charge < -0.3 is 60.4 Å². The molecule has 0 heterocycles. The number of carbonyl (C=O) groups excluding carboxylic acids is 9. The van der Waals surface area contributed by atoms with Crippen molar-refractivity contribution in [3.63, 3.8) is 0 Å². The maximum atomic E-state index is 12.9. The summed E-state index contributed by atoms with van der Waals surface area (Å²) in [5.41, 5.74) is 25.5. The predicted octanol–water partition coefficient (Wildman–Crippen LogP) is -8.41. The average molecular weight is 589 g/mol. The number of amides is 9. The Morgan fingerprint density at radius 3 is 1.07 bits per heavy atom. The van der Waals surface area contributed by atoms with E-state index in [1.165, 1.54) is 0 Å². The van der Waals surface area contributed by atoms with Crippen molar-refractivity contribution >= 4 is 59.1 Å². The Labute approximate surface area is 231 Å². The minimum atomic E-state index is -1.87. The number of primary amides is 4. The Morgan fingerprint density at radius 2 is 0.805 bits per heavy atom. The van der Waals surface area contributed by atoms with Crippen LogP contribution in [0.3, 0.4) is 0 Å². The van der Waals surface area contributed by atoms with Gasteiger partial charge in [0.1, 0.15) is 30.7 Å². The summed E-state index contributed by atoms with van der Waals surface area (Å²) in [5.74, 6) is -11.6. The molecule has 16 N–H and O–H groups in total. The van der Waals surface area contributed by atoms with Crippen LogP contribution in [-0.2, 0) is 47.9 Å². The third-order valence-electron chi connectivity index (χ3n) is 4.77. The molecule has 0 fully saturated rings. The van der Waals surface area contributed by atoms with Crippen LogP contribution >= 0.6 is 0 Å². The number of aliphatic carboxylic acids is 1. The van der Waals surface area contributed by atoms with Crippen LogP contribution < -0.4 is 55.3 Å². The van der Waals surface area contributed by atoms with Gasteiger partial charge in [0.05, 0.1) is 32.2 Å². The summed E-state index contributed by atoms with van der Waals surface area (Å²) in [5, 5.41) is 18.8. The van der Waals surface area contributed by atoms with E-state index in [1.54, 1.807) is 0 Å². The molecule has 21 heteroatoms. The van der Waals surface area contributed by atoms with Gasteiger partial charge in [-0.2, -0.15) is 0 Å². The fraction of sp³-hybridized carbons (Fsp3) is 0.500. The lowest BCUT2D eigenvalue weighted by atomic mass is 10.1. The van der Waals surface area contributed by atoms with E-state index in [-0.39, 0.29) is 0 Å². The standard InChI is InChI=1S/C20H32N10O11/c21-5-15(35)27-8(2-12(23)32)18(39)29-10(4-14(25)34)20(41)30-9(3-13(24)33)19(40)28-7(1-11(22)31)17(38)26-6-16(36)37/h7-10H,1-6,21H2,(H2,22,31)(H2,23,32)(H2,24,33)(H2,25,34)(H,26,38)(H,27,35)(H,28,40)(H,29,39)(H,30,41)(H,36,37)/t7-,8-,9-,10-/m0/s1. The first kappa shape index (κ1) is 35.7. The summed E-state index contributed by atoms with van der Waals surface area (Å²) in [7, 11) is 0. The van der Waals surface area contributed by atoms with Crippen LogP contribution in [0.2, 0.25) is 0 Å². The highest BCUT2D eigenvalue weighted by Gasteiger charge is 2.33. The summed E-state index contributed by atoms with van der Waals surface area (Å²) in [4.78, 5) is 119. The Morgan fingerprint density at radius 1 is 0.512 bits per heavy atom. The highest BCUT2D eigenvalue weighted by molar-refractivity contribution is 6.00. The molecular formula is C20H32N10O11. The van der Waals surface area contributed by atoms with E-state index in [0.29, 0.717) is 0 Å². The zero-order valence-corrected chi connectivity index (χ0v) is 21.5. The van der Waals surface area contributed by atoms with Crippen LogP contribution in [0, 0.1) is 0 Å². The Bertz CT molecular complexity index is 1080. The van der Waals surface area contributed by atoms with Crippen LogP contribution in [0.5, 0.6) is 0 Å². The molecule has 0 aromatic heterocycles. The lowest BCUT2D eigenvalue weighted by Gasteiger charge is -2.25. The van der Waals surface area contributed by atoms with Gasteiger partial charge in [-0.15, -0.1) is 0 Å².